The van der Waals surface area contributed by atoms with Gasteiger partial charge >= 0.3 is 0 Å². The van der Waals surface area contributed by atoms with Gasteiger partial charge in [-0.05, 0) is 45.0 Å². The number of anilines is 2. The minimum atomic E-state index is -0.0186. The normalized spacial score (nSPS) is 18.7. The molecule has 0 N–H and O–H groups in total. The Morgan fingerprint density at radius 3 is 2.26 bits per heavy atom. The molecule has 6 nitrogen and oxygen atoms in total. The molecule has 6 heteroatoms. The first-order chi connectivity index (χ1) is 12.5. The molecule has 0 saturated carbocycles. The number of carbonyl (C=O) groups is 2. The summed E-state index contributed by atoms with van der Waals surface area (Å²) in [6, 6.07) is 6.00. The lowest BCUT2D eigenvalue weighted by Gasteiger charge is -2.37. The minimum absolute atomic E-state index is 0. The minimum Gasteiger partial charge on any atom is -0.381 e. The third-order valence-corrected chi connectivity index (χ3v) is 5.38. The molecule has 1 amide bonds. The van der Waals surface area contributed by atoms with E-state index in [2.05, 4.69) is 16.8 Å². The number of Topliss-reactive ketones (excluding diaryl/α,β-unsaturated/α-hetero) is 1. The fourth-order valence-corrected chi connectivity index (χ4v) is 3.85. The summed E-state index contributed by atoms with van der Waals surface area (Å²) in [6.45, 7) is 8.39. The van der Waals surface area contributed by atoms with Crippen molar-refractivity contribution in [2.45, 2.75) is 40.2 Å². The first-order valence-electron chi connectivity index (χ1n) is 9.43. The lowest BCUT2D eigenvalue weighted by Crippen LogP contribution is -2.45. The number of amides is 1. The SMILES string of the molecule is C.CC(=O)c1ccc(N2CCN(C)CC2)cc1N(C(C)=O)C1CCOCC1. The smallest absolute Gasteiger partial charge is 0.224 e. The van der Waals surface area contributed by atoms with Crippen LogP contribution >= 0.6 is 0 Å². The van der Waals surface area contributed by atoms with Crippen molar-refractivity contribution >= 4 is 23.1 Å². The van der Waals surface area contributed by atoms with E-state index in [1.54, 1.807) is 13.8 Å². The summed E-state index contributed by atoms with van der Waals surface area (Å²) >= 11 is 0. The van der Waals surface area contributed by atoms with Crippen LogP contribution in [0.1, 0.15) is 44.5 Å². The number of likely N-dealkylation sites (N-methyl/N-ethyl adjacent to an activating group) is 1. The Bertz CT molecular complexity index is 663. The van der Waals surface area contributed by atoms with Gasteiger partial charge in [0.1, 0.15) is 0 Å². The summed E-state index contributed by atoms with van der Waals surface area (Å²) in [5.41, 5.74) is 2.44. The molecular weight excluding hydrogens is 342 g/mol. The molecule has 2 aliphatic heterocycles. The van der Waals surface area contributed by atoms with Crippen molar-refractivity contribution in [3.05, 3.63) is 23.8 Å². The highest BCUT2D eigenvalue weighted by Crippen LogP contribution is 2.32. The van der Waals surface area contributed by atoms with Gasteiger partial charge in [-0.3, -0.25) is 9.59 Å². The van der Waals surface area contributed by atoms with E-state index in [0.717, 1.165) is 50.4 Å². The summed E-state index contributed by atoms with van der Waals surface area (Å²) in [4.78, 5) is 31.2. The van der Waals surface area contributed by atoms with Gasteiger partial charge in [0.05, 0.1) is 5.69 Å². The molecule has 1 aromatic rings. The van der Waals surface area contributed by atoms with Crippen molar-refractivity contribution in [3.8, 4) is 0 Å². The van der Waals surface area contributed by atoms with Crippen LogP contribution in [0.15, 0.2) is 18.2 Å². The average Bonchev–Trinajstić information content (AvgIpc) is 2.63. The van der Waals surface area contributed by atoms with Gasteiger partial charge < -0.3 is 19.4 Å². The van der Waals surface area contributed by atoms with Gasteiger partial charge in [-0.15, -0.1) is 0 Å². The van der Waals surface area contributed by atoms with Crippen molar-refractivity contribution in [2.75, 3.05) is 56.2 Å². The molecule has 0 unspecified atom stereocenters. The van der Waals surface area contributed by atoms with Crippen molar-refractivity contribution in [2.24, 2.45) is 0 Å². The summed E-state index contributed by atoms with van der Waals surface area (Å²) < 4.78 is 5.45. The molecule has 0 spiro atoms. The molecule has 0 aliphatic carbocycles. The van der Waals surface area contributed by atoms with Gasteiger partial charge in [0.25, 0.3) is 0 Å². The number of hydrogen-bond acceptors (Lipinski definition) is 5. The molecule has 3 rings (SSSR count). The maximum Gasteiger partial charge on any atom is 0.224 e. The van der Waals surface area contributed by atoms with E-state index in [-0.39, 0.29) is 25.2 Å². The Morgan fingerprint density at radius 2 is 1.70 bits per heavy atom. The van der Waals surface area contributed by atoms with Crippen molar-refractivity contribution < 1.29 is 14.3 Å². The highest BCUT2D eigenvalue weighted by molar-refractivity contribution is 6.05. The van der Waals surface area contributed by atoms with E-state index in [1.807, 2.05) is 23.1 Å². The highest BCUT2D eigenvalue weighted by Gasteiger charge is 2.28. The van der Waals surface area contributed by atoms with Crippen LogP contribution in [0.5, 0.6) is 0 Å². The molecule has 0 radical (unpaired) electrons. The largest absolute Gasteiger partial charge is 0.381 e. The number of rotatable bonds is 4. The zero-order chi connectivity index (χ0) is 18.7. The predicted octanol–water partition coefficient (Wildman–Crippen LogP) is 2.81. The third-order valence-electron chi connectivity index (χ3n) is 5.38. The Balaban J connectivity index is 0.00000261. The van der Waals surface area contributed by atoms with E-state index < -0.39 is 0 Å². The van der Waals surface area contributed by atoms with Crippen molar-refractivity contribution in [1.29, 1.82) is 0 Å². The first-order valence-corrected chi connectivity index (χ1v) is 9.43. The van der Waals surface area contributed by atoms with E-state index >= 15 is 0 Å². The summed E-state index contributed by atoms with van der Waals surface area (Å²) in [6.07, 6.45) is 1.60. The predicted molar refractivity (Wildman–Crippen MR) is 110 cm³/mol. The second-order valence-electron chi connectivity index (χ2n) is 7.28. The van der Waals surface area contributed by atoms with Gasteiger partial charge in [0.2, 0.25) is 5.91 Å². The fourth-order valence-electron chi connectivity index (χ4n) is 3.85. The molecule has 1 aromatic carbocycles. The molecular formula is C21H33N3O3. The Morgan fingerprint density at radius 1 is 1.07 bits per heavy atom. The number of nitrogens with zero attached hydrogens (tertiary/aromatic N) is 3. The second-order valence-corrected chi connectivity index (χ2v) is 7.28. The van der Waals surface area contributed by atoms with Gasteiger partial charge in [-0.1, -0.05) is 7.43 Å². The van der Waals surface area contributed by atoms with Crippen LogP contribution < -0.4 is 9.80 Å². The number of hydrogen-bond donors (Lipinski definition) is 0. The standard InChI is InChI=1S/C20H29N3O3.CH4/c1-15(24)19-5-4-18(22-10-8-21(3)9-11-22)14-20(19)23(16(2)25)17-6-12-26-13-7-17;/h4-5,14,17H,6-13H2,1-3H3;1H4. The van der Waals surface area contributed by atoms with Crippen LogP contribution in [0.4, 0.5) is 11.4 Å². The molecule has 2 saturated heterocycles. The van der Waals surface area contributed by atoms with Crippen LogP contribution in [-0.2, 0) is 9.53 Å². The number of benzene rings is 1. The fraction of sp³-hybridized carbons (Fsp3) is 0.619. The summed E-state index contributed by atoms with van der Waals surface area (Å²) in [5, 5.41) is 0. The molecule has 0 atom stereocenters. The molecule has 27 heavy (non-hydrogen) atoms. The number of ether oxygens (including phenoxy) is 1. The topological polar surface area (TPSA) is 53.1 Å². The monoisotopic (exact) mass is 375 g/mol. The van der Waals surface area contributed by atoms with Crippen LogP contribution in [0, 0.1) is 0 Å². The molecule has 0 bridgehead atoms. The molecule has 150 valence electrons. The second kappa shape index (κ2) is 9.33. The first kappa shape index (κ1) is 21.4. The van der Waals surface area contributed by atoms with Crippen LogP contribution in [0.2, 0.25) is 0 Å². The molecule has 2 heterocycles. The van der Waals surface area contributed by atoms with Crippen LogP contribution in [-0.4, -0.2) is 69.1 Å². The highest BCUT2D eigenvalue weighted by atomic mass is 16.5. The van der Waals surface area contributed by atoms with Gasteiger partial charge in [-0.25, -0.2) is 0 Å². The summed E-state index contributed by atoms with van der Waals surface area (Å²) in [5.74, 6) is -0.0295. The number of piperazine rings is 1. The summed E-state index contributed by atoms with van der Waals surface area (Å²) in [7, 11) is 2.13. The molecule has 0 aromatic heterocycles. The third kappa shape index (κ3) is 4.87. The van der Waals surface area contributed by atoms with Crippen molar-refractivity contribution in [3.63, 3.8) is 0 Å². The lowest BCUT2D eigenvalue weighted by molar-refractivity contribution is -0.117. The molecule has 2 aliphatic rings. The lowest BCUT2D eigenvalue weighted by atomic mass is 10.0. The van der Waals surface area contributed by atoms with E-state index in [1.165, 1.54) is 0 Å². The Hall–Kier alpha value is -1.92. The zero-order valence-electron chi connectivity index (χ0n) is 16.0. The van der Waals surface area contributed by atoms with Crippen molar-refractivity contribution in [1.82, 2.24) is 4.90 Å². The molecule has 2 fully saturated rings. The van der Waals surface area contributed by atoms with E-state index in [0.29, 0.717) is 18.8 Å². The van der Waals surface area contributed by atoms with Crippen LogP contribution in [0.25, 0.3) is 0 Å². The van der Waals surface area contributed by atoms with Gasteiger partial charge in [0, 0.05) is 63.6 Å². The maximum absolute atomic E-state index is 12.5. The Kier molecular flexibility index (Phi) is 7.39. The average molecular weight is 376 g/mol. The van der Waals surface area contributed by atoms with Gasteiger partial charge in [-0.2, -0.15) is 0 Å². The van der Waals surface area contributed by atoms with E-state index in [4.69, 9.17) is 4.74 Å². The number of carbonyl (C=O) groups excluding carboxylic acids is 2. The van der Waals surface area contributed by atoms with E-state index in [9.17, 15) is 9.59 Å². The maximum atomic E-state index is 12.5. The van der Waals surface area contributed by atoms with Crippen LogP contribution in [0.3, 0.4) is 0 Å². The quantitative estimate of drug-likeness (QED) is 0.758. The Labute approximate surface area is 163 Å². The number of ketones is 1. The zero-order valence-corrected chi connectivity index (χ0v) is 16.0. The van der Waals surface area contributed by atoms with Gasteiger partial charge in [0.15, 0.2) is 5.78 Å².